The molecule has 0 bridgehead atoms. The zero-order valence-corrected chi connectivity index (χ0v) is 16.2. The van der Waals surface area contributed by atoms with Crippen LogP contribution in [0.2, 0.25) is 0 Å². The Balaban J connectivity index is 0.00000204. The fourth-order valence-electron chi connectivity index (χ4n) is 4.14. The number of hydrogen-bond acceptors (Lipinski definition) is 4. The van der Waals surface area contributed by atoms with E-state index in [-0.39, 0.29) is 24.2 Å². The van der Waals surface area contributed by atoms with Gasteiger partial charge in [-0.1, -0.05) is 13.0 Å². The van der Waals surface area contributed by atoms with Gasteiger partial charge in [0.15, 0.2) is 11.5 Å². The summed E-state index contributed by atoms with van der Waals surface area (Å²) in [6.07, 6.45) is 1.64. The maximum absolute atomic E-state index is 13.3. The van der Waals surface area contributed by atoms with E-state index < -0.39 is 11.7 Å². The predicted molar refractivity (Wildman–Crippen MR) is 107 cm³/mol. The number of H-pyrrole nitrogens is 1. The Hall–Kier alpha value is -3.16. The first-order valence-electron chi connectivity index (χ1n) is 9.98. The van der Waals surface area contributed by atoms with Crippen molar-refractivity contribution in [2.45, 2.75) is 49.7 Å². The summed E-state index contributed by atoms with van der Waals surface area (Å²) >= 11 is 0. The molecule has 1 aliphatic heterocycles. The molecule has 3 aliphatic rings. The number of carbonyl (C=O) groups excluding carboxylic acids is 1. The second-order valence-electron chi connectivity index (χ2n) is 8.77. The van der Waals surface area contributed by atoms with Crippen LogP contribution in [0.1, 0.15) is 45.3 Å². The number of benzene rings is 1. The third kappa shape index (κ3) is 2.66. The largest absolute Gasteiger partial charge is 0.586 e. The minimum Gasteiger partial charge on any atom is -0.395 e. The van der Waals surface area contributed by atoms with Gasteiger partial charge in [0.25, 0.3) is 0 Å². The summed E-state index contributed by atoms with van der Waals surface area (Å²) in [5.41, 5.74) is 2.22. The molecule has 0 atom stereocenters. The minimum atomic E-state index is -3.67. The number of pyridine rings is 1. The Morgan fingerprint density at radius 1 is 1.13 bits per heavy atom. The van der Waals surface area contributed by atoms with Gasteiger partial charge in [0.05, 0.1) is 17.1 Å². The predicted octanol–water partition coefficient (Wildman–Crippen LogP) is 4.85. The second kappa shape index (κ2) is 5.50. The van der Waals surface area contributed by atoms with Crippen LogP contribution in [0.4, 0.5) is 14.6 Å². The van der Waals surface area contributed by atoms with E-state index in [0.29, 0.717) is 24.2 Å². The van der Waals surface area contributed by atoms with Crippen molar-refractivity contribution in [3.8, 4) is 11.5 Å². The first kappa shape index (κ1) is 17.7. The van der Waals surface area contributed by atoms with Crippen LogP contribution in [0.25, 0.3) is 10.9 Å². The van der Waals surface area contributed by atoms with Crippen LogP contribution < -0.4 is 14.8 Å². The Morgan fingerprint density at radius 2 is 1.90 bits per heavy atom. The number of rotatable bonds is 4. The molecule has 1 amide bonds. The molecule has 2 saturated carbocycles. The number of aromatic nitrogens is 2. The molecule has 3 heterocycles. The van der Waals surface area contributed by atoms with E-state index in [2.05, 4.69) is 37.7 Å². The van der Waals surface area contributed by atoms with Gasteiger partial charge in [-0.15, -0.1) is 8.78 Å². The quantitative estimate of drug-likeness (QED) is 0.641. The van der Waals surface area contributed by atoms with Crippen LogP contribution >= 0.6 is 0 Å². The number of halogens is 2. The fourth-order valence-corrected chi connectivity index (χ4v) is 4.14. The highest BCUT2D eigenvalue weighted by molar-refractivity contribution is 6.01. The van der Waals surface area contributed by atoms with Gasteiger partial charge in [0.2, 0.25) is 5.91 Å². The molecule has 0 unspecified atom stereocenters. The van der Waals surface area contributed by atoms with E-state index in [4.69, 9.17) is 0 Å². The molecule has 6 nitrogen and oxygen atoms in total. The van der Waals surface area contributed by atoms with Crippen molar-refractivity contribution in [1.82, 2.24) is 9.97 Å². The first-order chi connectivity index (χ1) is 14.3. The van der Waals surface area contributed by atoms with Crippen molar-refractivity contribution in [2.24, 2.45) is 0 Å². The molecule has 6 rings (SSSR count). The third-order valence-electron chi connectivity index (χ3n) is 6.54. The van der Waals surface area contributed by atoms with Gasteiger partial charge < -0.3 is 19.8 Å². The molecule has 156 valence electrons. The van der Waals surface area contributed by atoms with Crippen LogP contribution in [0, 0.1) is 0 Å². The number of aromatic amines is 1. The van der Waals surface area contributed by atoms with E-state index in [9.17, 15) is 13.6 Å². The van der Waals surface area contributed by atoms with Gasteiger partial charge in [-0.25, -0.2) is 4.98 Å². The zero-order valence-electron chi connectivity index (χ0n) is 16.2. The van der Waals surface area contributed by atoms with E-state index >= 15 is 0 Å². The number of carbonyl (C=O) groups is 1. The van der Waals surface area contributed by atoms with E-state index in [1.165, 1.54) is 30.7 Å². The van der Waals surface area contributed by atoms with E-state index in [1.807, 2.05) is 6.07 Å². The van der Waals surface area contributed by atoms with Crippen LogP contribution in [0.3, 0.4) is 0 Å². The SMILES string of the molecule is CC1(c2cc3cc(NC(=O)C4(c5ccc6c(c5)OC(F)(F)O6)CC4)ncc3[nH]2)CC1.[HH]. The standard InChI is InChI=1S/C22H19F2N3O3.H2/c1-20(4-5-20)17-8-12-9-18(25-11-14(12)26-17)27-19(28)21(6-7-21)13-2-3-15-16(10-13)30-22(23,24)29-15;/h2-3,8-11,26H,4-7H2,1H3,(H,25,27,28);1H. The Bertz CT molecular complexity index is 1220. The van der Waals surface area contributed by atoms with Crippen LogP contribution in [0.5, 0.6) is 11.5 Å². The smallest absolute Gasteiger partial charge is 0.395 e. The van der Waals surface area contributed by atoms with E-state index in [1.54, 1.807) is 12.3 Å². The molecule has 3 aromatic rings. The van der Waals surface area contributed by atoms with Gasteiger partial charge in [0, 0.05) is 17.9 Å². The summed E-state index contributed by atoms with van der Waals surface area (Å²) < 4.78 is 35.6. The normalized spacial score (nSPS) is 21.4. The number of fused-ring (bicyclic) bond motifs is 2. The summed E-state index contributed by atoms with van der Waals surface area (Å²) in [7, 11) is 0. The number of hydrogen-bond donors (Lipinski definition) is 2. The van der Waals surface area contributed by atoms with E-state index in [0.717, 1.165) is 10.9 Å². The molecule has 2 aromatic heterocycles. The highest BCUT2D eigenvalue weighted by Gasteiger charge is 2.53. The van der Waals surface area contributed by atoms with Crippen molar-refractivity contribution < 1.29 is 24.5 Å². The van der Waals surface area contributed by atoms with Crippen molar-refractivity contribution in [3.05, 3.63) is 47.8 Å². The first-order valence-corrected chi connectivity index (χ1v) is 9.98. The lowest BCUT2D eigenvalue weighted by Gasteiger charge is -2.16. The maximum atomic E-state index is 13.3. The van der Waals surface area contributed by atoms with Crippen molar-refractivity contribution in [1.29, 1.82) is 0 Å². The highest BCUT2D eigenvalue weighted by atomic mass is 19.3. The zero-order chi connectivity index (χ0) is 20.7. The summed E-state index contributed by atoms with van der Waals surface area (Å²) in [6.45, 7) is 2.23. The molecule has 2 N–H and O–H groups in total. The number of alkyl halides is 2. The van der Waals surface area contributed by atoms with Gasteiger partial charge in [0.1, 0.15) is 5.82 Å². The summed E-state index contributed by atoms with van der Waals surface area (Å²) in [6, 6.07) is 8.50. The van der Waals surface area contributed by atoms with Crippen molar-refractivity contribution in [3.63, 3.8) is 0 Å². The lowest BCUT2D eigenvalue weighted by Crippen LogP contribution is -2.28. The summed E-state index contributed by atoms with van der Waals surface area (Å²) in [5, 5.41) is 3.90. The number of ether oxygens (including phenoxy) is 2. The van der Waals surface area contributed by atoms with Crippen molar-refractivity contribution >= 4 is 22.6 Å². The number of nitrogens with one attached hydrogen (secondary N) is 2. The molecule has 8 heteroatoms. The number of amides is 1. The van der Waals surface area contributed by atoms with Crippen molar-refractivity contribution in [2.75, 3.05) is 5.32 Å². The molecule has 0 spiro atoms. The van der Waals surface area contributed by atoms with Gasteiger partial charge in [-0.3, -0.25) is 4.79 Å². The average molecular weight is 413 g/mol. The Kier molecular flexibility index (Phi) is 3.24. The third-order valence-corrected chi connectivity index (χ3v) is 6.54. The van der Waals surface area contributed by atoms with Crippen LogP contribution in [-0.4, -0.2) is 22.2 Å². The maximum Gasteiger partial charge on any atom is 0.586 e. The van der Waals surface area contributed by atoms with Gasteiger partial charge >= 0.3 is 6.29 Å². The molecule has 2 fully saturated rings. The Labute approximate surface area is 172 Å². The lowest BCUT2D eigenvalue weighted by atomic mass is 9.94. The summed E-state index contributed by atoms with van der Waals surface area (Å²) in [4.78, 5) is 20.8. The lowest BCUT2D eigenvalue weighted by molar-refractivity contribution is -0.286. The molecule has 30 heavy (non-hydrogen) atoms. The average Bonchev–Trinajstić information content (AvgIpc) is 3.58. The van der Waals surface area contributed by atoms with Gasteiger partial charge in [-0.05, 0) is 55.5 Å². The van der Waals surface area contributed by atoms with Crippen LogP contribution in [0.15, 0.2) is 36.5 Å². The monoisotopic (exact) mass is 413 g/mol. The molecule has 0 radical (unpaired) electrons. The van der Waals surface area contributed by atoms with Crippen LogP contribution in [-0.2, 0) is 15.6 Å². The molecule has 0 saturated heterocycles. The Morgan fingerprint density at radius 3 is 2.63 bits per heavy atom. The molecule has 1 aromatic carbocycles. The van der Waals surface area contributed by atoms with Gasteiger partial charge in [-0.2, -0.15) is 0 Å². The number of anilines is 1. The fraction of sp³-hybridized carbons (Fsp3) is 0.364. The number of nitrogens with zero attached hydrogens (tertiary/aromatic N) is 1. The molecular formula is C22H21F2N3O3. The second-order valence-corrected chi connectivity index (χ2v) is 8.77. The highest BCUT2D eigenvalue weighted by Crippen LogP contribution is 2.52. The minimum absolute atomic E-state index is 0. The summed E-state index contributed by atoms with van der Waals surface area (Å²) in [5.74, 6) is 0.187. The topological polar surface area (TPSA) is 76.2 Å². The molecular weight excluding hydrogens is 392 g/mol. The molecule has 2 aliphatic carbocycles.